The van der Waals surface area contributed by atoms with Crippen LogP contribution in [-0.4, -0.2) is 42.5 Å². The van der Waals surface area contributed by atoms with Gasteiger partial charge in [0.2, 0.25) is 0 Å². The van der Waals surface area contributed by atoms with Gasteiger partial charge in [-0.05, 0) is 36.4 Å². The summed E-state index contributed by atoms with van der Waals surface area (Å²) in [5.41, 5.74) is 7.53. The third kappa shape index (κ3) is 4.00. The first-order chi connectivity index (χ1) is 10.9. The molecule has 0 aromatic heterocycles. The van der Waals surface area contributed by atoms with Gasteiger partial charge in [0.25, 0.3) is 10.1 Å². The van der Waals surface area contributed by atoms with E-state index in [0.717, 1.165) is 0 Å². The molecule has 3 N–H and O–H groups in total. The van der Waals surface area contributed by atoms with Crippen LogP contribution in [0.3, 0.4) is 0 Å². The van der Waals surface area contributed by atoms with Crippen LogP contribution in [0.25, 0.3) is 10.8 Å². The average molecular weight is 350 g/mol. The van der Waals surface area contributed by atoms with Crippen LogP contribution >= 0.6 is 0 Å². The monoisotopic (exact) mass is 350 g/mol. The Balaban J connectivity index is 0.00000208. The molecule has 8 heteroatoms. The Labute approximate surface area is 161 Å². The van der Waals surface area contributed by atoms with E-state index in [1.165, 1.54) is 18.2 Å². The summed E-state index contributed by atoms with van der Waals surface area (Å²) in [6, 6.07) is 16.6. The minimum atomic E-state index is -4.30. The van der Waals surface area contributed by atoms with Gasteiger partial charge in [0, 0.05) is 46.0 Å². The van der Waals surface area contributed by atoms with Gasteiger partial charge in [-0.15, -0.1) is 5.11 Å². The number of rotatable bonds is 3. The van der Waals surface area contributed by atoms with E-state index in [-0.39, 0.29) is 34.5 Å². The van der Waals surface area contributed by atoms with Crippen LogP contribution in [0.1, 0.15) is 0 Å². The Morgan fingerprint density at radius 3 is 2.25 bits per heavy atom. The van der Waals surface area contributed by atoms with Crippen molar-refractivity contribution in [3.8, 4) is 0 Å². The molecule has 3 rings (SSSR count). The molecule has 6 nitrogen and oxygen atoms in total. The first-order valence-corrected chi connectivity index (χ1v) is 8.16. The summed E-state index contributed by atoms with van der Waals surface area (Å²) in [6.07, 6.45) is 0. The van der Waals surface area contributed by atoms with Crippen LogP contribution < -0.4 is 5.73 Å². The van der Waals surface area contributed by atoms with Gasteiger partial charge in [0.15, 0.2) is 0 Å². The molecular formula is C16H13N3NaO3S. The van der Waals surface area contributed by atoms with Gasteiger partial charge in [-0.2, -0.15) is 13.5 Å². The third-order valence-electron chi connectivity index (χ3n) is 3.33. The SMILES string of the molecule is Nc1ccc(N=Nc2ccccc2)c2cc(S(=O)(=O)O)ccc12.[Na]. The second kappa shape index (κ2) is 7.42. The molecule has 3 aromatic rings. The zero-order valence-electron chi connectivity index (χ0n) is 12.9. The van der Waals surface area contributed by atoms with Crippen LogP contribution in [0, 0.1) is 0 Å². The fourth-order valence-corrected chi connectivity index (χ4v) is 2.70. The molecule has 0 heterocycles. The van der Waals surface area contributed by atoms with E-state index < -0.39 is 10.1 Å². The summed E-state index contributed by atoms with van der Waals surface area (Å²) >= 11 is 0. The Morgan fingerprint density at radius 1 is 0.875 bits per heavy atom. The number of hydrogen-bond donors (Lipinski definition) is 2. The molecule has 0 fully saturated rings. The third-order valence-corrected chi connectivity index (χ3v) is 4.18. The molecule has 0 amide bonds. The maximum Gasteiger partial charge on any atom is 0.294 e. The molecular weight excluding hydrogens is 337 g/mol. The fourth-order valence-electron chi connectivity index (χ4n) is 2.19. The maximum atomic E-state index is 11.3. The van der Waals surface area contributed by atoms with Gasteiger partial charge >= 0.3 is 0 Å². The molecule has 0 saturated heterocycles. The Morgan fingerprint density at radius 2 is 1.58 bits per heavy atom. The van der Waals surface area contributed by atoms with Crippen molar-refractivity contribution in [1.29, 1.82) is 0 Å². The van der Waals surface area contributed by atoms with E-state index in [2.05, 4.69) is 10.2 Å². The molecule has 0 saturated carbocycles. The summed E-state index contributed by atoms with van der Waals surface area (Å²) < 4.78 is 31.8. The Bertz CT molecular complexity index is 1010. The summed E-state index contributed by atoms with van der Waals surface area (Å²) in [5.74, 6) is 0. The van der Waals surface area contributed by atoms with E-state index in [1.807, 2.05) is 18.2 Å². The predicted molar refractivity (Wildman–Crippen MR) is 94.5 cm³/mol. The molecule has 0 bridgehead atoms. The molecule has 0 aliphatic carbocycles. The quantitative estimate of drug-likeness (QED) is 0.325. The van der Waals surface area contributed by atoms with E-state index in [1.54, 1.807) is 24.3 Å². The Kier molecular flexibility index (Phi) is 5.74. The van der Waals surface area contributed by atoms with Crippen molar-refractivity contribution in [2.45, 2.75) is 4.90 Å². The summed E-state index contributed by atoms with van der Waals surface area (Å²) in [7, 11) is -4.30. The van der Waals surface area contributed by atoms with Gasteiger partial charge in [0.1, 0.15) is 0 Å². The Hall–Kier alpha value is -1.77. The molecule has 0 aliphatic rings. The minimum absolute atomic E-state index is 0. The average Bonchev–Trinajstić information content (AvgIpc) is 2.54. The summed E-state index contributed by atoms with van der Waals surface area (Å²) in [5, 5.41) is 9.42. The molecule has 117 valence electrons. The molecule has 0 unspecified atom stereocenters. The van der Waals surface area contributed by atoms with Gasteiger partial charge in [0.05, 0.1) is 16.3 Å². The van der Waals surface area contributed by atoms with E-state index in [0.29, 0.717) is 27.8 Å². The largest absolute Gasteiger partial charge is 0.398 e. The number of fused-ring (bicyclic) bond motifs is 1. The summed E-state index contributed by atoms with van der Waals surface area (Å²) in [6.45, 7) is 0. The van der Waals surface area contributed by atoms with Crippen LogP contribution in [0.5, 0.6) is 0 Å². The number of nitrogens with zero attached hydrogens (tertiary/aromatic N) is 2. The van der Waals surface area contributed by atoms with E-state index in [9.17, 15) is 13.0 Å². The molecule has 24 heavy (non-hydrogen) atoms. The number of hydrogen-bond acceptors (Lipinski definition) is 5. The number of benzene rings is 3. The maximum absolute atomic E-state index is 11.3. The van der Waals surface area contributed by atoms with Crippen LogP contribution in [0.4, 0.5) is 17.1 Å². The molecule has 0 spiro atoms. The van der Waals surface area contributed by atoms with Crippen molar-refractivity contribution in [3.05, 3.63) is 60.7 Å². The zero-order valence-corrected chi connectivity index (χ0v) is 15.7. The smallest absolute Gasteiger partial charge is 0.294 e. The second-order valence-corrected chi connectivity index (χ2v) is 6.31. The van der Waals surface area contributed by atoms with Gasteiger partial charge < -0.3 is 5.73 Å². The van der Waals surface area contributed by atoms with Gasteiger partial charge in [-0.25, -0.2) is 0 Å². The van der Waals surface area contributed by atoms with Crippen LogP contribution in [-0.2, 0) is 10.1 Å². The first-order valence-electron chi connectivity index (χ1n) is 6.72. The van der Waals surface area contributed by atoms with Crippen LogP contribution in [0.15, 0.2) is 75.8 Å². The van der Waals surface area contributed by atoms with Gasteiger partial charge in [-0.1, -0.05) is 24.3 Å². The summed E-state index contributed by atoms with van der Waals surface area (Å²) in [4.78, 5) is -0.216. The molecule has 0 aliphatic heterocycles. The van der Waals surface area contributed by atoms with Crippen molar-refractivity contribution < 1.29 is 13.0 Å². The second-order valence-electron chi connectivity index (χ2n) is 4.89. The first kappa shape index (κ1) is 18.6. The fraction of sp³-hybridized carbons (Fsp3) is 0. The minimum Gasteiger partial charge on any atom is -0.398 e. The standard InChI is InChI=1S/C16H13N3O3S.Na/c17-15-8-9-16(19-18-11-4-2-1-3-5-11)14-10-12(23(20,21)22)6-7-13(14)15;/h1-10H,17H2,(H,20,21,22);. The molecule has 1 radical (unpaired) electrons. The van der Waals surface area contributed by atoms with Crippen molar-refractivity contribution in [2.24, 2.45) is 10.2 Å². The van der Waals surface area contributed by atoms with Crippen LogP contribution in [0.2, 0.25) is 0 Å². The van der Waals surface area contributed by atoms with Gasteiger partial charge in [-0.3, -0.25) is 4.55 Å². The number of nitrogen functional groups attached to an aromatic ring is 1. The van der Waals surface area contributed by atoms with E-state index >= 15 is 0 Å². The van der Waals surface area contributed by atoms with Crippen molar-refractivity contribution in [2.75, 3.05) is 5.73 Å². The number of anilines is 1. The van der Waals surface area contributed by atoms with Crippen molar-refractivity contribution >= 4 is 67.5 Å². The normalized spacial score (nSPS) is 11.5. The zero-order chi connectivity index (χ0) is 16.4. The predicted octanol–water partition coefficient (Wildman–Crippen LogP) is 3.70. The van der Waals surface area contributed by atoms with Crippen molar-refractivity contribution in [1.82, 2.24) is 0 Å². The molecule has 3 aromatic carbocycles. The molecule has 0 atom stereocenters. The topological polar surface area (TPSA) is 105 Å². The number of nitrogens with two attached hydrogens (primary N) is 1. The van der Waals surface area contributed by atoms with E-state index in [4.69, 9.17) is 5.73 Å². The number of azo groups is 1. The van der Waals surface area contributed by atoms with Crippen molar-refractivity contribution in [3.63, 3.8) is 0 Å².